The Labute approximate surface area is 98.8 Å². The van der Waals surface area contributed by atoms with Gasteiger partial charge < -0.3 is 20.3 Å². The van der Waals surface area contributed by atoms with Gasteiger partial charge in [-0.05, 0) is 18.6 Å². The molecule has 2 rings (SSSR count). The first-order valence-electron chi connectivity index (χ1n) is 5.04. The van der Waals surface area contributed by atoms with Crippen LogP contribution >= 0.6 is 11.6 Å². The summed E-state index contributed by atoms with van der Waals surface area (Å²) in [5.74, 6) is 0.190. The van der Waals surface area contributed by atoms with E-state index in [-0.39, 0.29) is 22.9 Å². The average Bonchev–Trinajstić information content (AvgIpc) is 2.27. The highest BCUT2D eigenvalue weighted by atomic mass is 35.5. The summed E-state index contributed by atoms with van der Waals surface area (Å²) in [6, 6.07) is 4.32. The van der Waals surface area contributed by atoms with Gasteiger partial charge in [0.2, 0.25) is 0 Å². The van der Waals surface area contributed by atoms with Gasteiger partial charge in [0, 0.05) is 18.7 Å². The first-order valence-corrected chi connectivity index (χ1v) is 5.48. The third kappa shape index (κ3) is 2.51. The number of ether oxygens (including phenoxy) is 1. The summed E-state index contributed by atoms with van der Waals surface area (Å²) >= 11 is 6.04. The van der Waals surface area contributed by atoms with Crippen LogP contribution in [0.25, 0.3) is 0 Å². The number of phenolic OH excluding ortho intramolecular Hbond substituents is 2. The molecule has 1 saturated heterocycles. The minimum Gasteiger partial charge on any atom is -0.508 e. The Morgan fingerprint density at radius 2 is 2.19 bits per heavy atom. The highest BCUT2D eigenvalue weighted by molar-refractivity contribution is 6.22. The van der Waals surface area contributed by atoms with Crippen LogP contribution in [0.5, 0.6) is 11.5 Å². The van der Waals surface area contributed by atoms with Crippen LogP contribution in [-0.4, -0.2) is 28.2 Å². The lowest BCUT2D eigenvalue weighted by molar-refractivity contribution is 0.151. The number of benzene rings is 1. The highest BCUT2D eigenvalue weighted by Crippen LogP contribution is 2.30. The Morgan fingerprint density at radius 1 is 1.38 bits per heavy atom. The second-order valence-corrected chi connectivity index (χ2v) is 4.20. The van der Waals surface area contributed by atoms with Gasteiger partial charge in [0.1, 0.15) is 18.1 Å². The van der Waals surface area contributed by atoms with Crippen molar-refractivity contribution in [3.05, 3.63) is 24.8 Å². The molecule has 0 aromatic heterocycles. The van der Waals surface area contributed by atoms with Crippen molar-refractivity contribution < 1.29 is 14.9 Å². The predicted octanol–water partition coefficient (Wildman–Crippen LogP) is 2.07. The normalized spacial score (nSPS) is 25.3. The first-order chi connectivity index (χ1) is 7.66. The molecule has 0 amide bonds. The highest BCUT2D eigenvalue weighted by Gasteiger charge is 2.24. The number of nitrogens with one attached hydrogen (secondary N) is 1. The third-order valence-electron chi connectivity index (χ3n) is 2.48. The fourth-order valence-corrected chi connectivity index (χ4v) is 1.86. The number of anilines is 1. The Hall–Kier alpha value is -1.13. The molecule has 2 atom stereocenters. The van der Waals surface area contributed by atoms with Crippen LogP contribution < -0.4 is 5.32 Å². The Morgan fingerprint density at radius 3 is 2.94 bits per heavy atom. The summed E-state index contributed by atoms with van der Waals surface area (Å²) in [4.78, 5) is 0. The lowest BCUT2D eigenvalue weighted by Gasteiger charge is -2.28. The van der Waals surface area contributed by atoms with Crippen molar-refractivity contribution in [2.75, 3.05) is 11.9 Å². The van der Waals surface area contributed by atoms with Crippen molar-refractivity contribution in [2.24, 2.45) is 0 Å². The van der Waals surface area contributed by atoms with Crippen LogP contribution in [-0.2, 0) is 4.74 Å². The molecule has 4 nitrogen and oxygen atoms in total. The summed E-state index contributed by atoms with van der Waals surface area (Å²) in [7, 11) is 0. The van der Waals surface area contributed by atoms with Gasteiger partial charge in [-0.1, -0.05) is 0 Å². The van der Waals surface area contributed by atoms with Gasteiger partial charge in [-0.2, -0.15) is 0 Å². The number of hydrogen-bond acceptors (Lipinski definition) is 4. The van der Waals surface area contributed by atoms with E-state index in [1.54, 1.807) is 6.61 Å². The lowest BCUT2D eigenvalue weighted by atomic mass is 10.1. The van der Waals surface area contributed by atoms with E-state index in [4.69, 9.17) is 16.3 Å². The maximum atomic E-state index is 9.59. The van der Waals surface area contributed by atoms with Gasteiger partial charge in [0.15, 0.2) is 0 Å². The van der Waals surface area contributed by atoms with E-state index in [1.807, 2.05) is 0 Å². The van der Waals surface area contributed by atoms with Gasteiger partial charge >= 0.3 is 0 Å². The van der Waals surface area contributed by atoms with Crippen LogP contribution in [0, 0.1) is 6.61 Å². The van der Waals surface area contributed by atoms with Crippen LogP contribution in [0.4, 0.5) is 5.69 Å². The largest absolute Gasteiger partial charge is 0.508 e. The Bertz CT molecular complexity index is 372. The predicted molar refractivity (Wildman–Crippen MR) is 61.7 cm³/mol. The van der Waals surface area contributed by atoms with Gasteiger partial charge in [0.25, 0.3) is 0 Å². The Balaban J connectivity index is 2.10. The van der Waals surface area contributed by atoms with Crippen LogP contribution in [0.1, 0.15) is 6.42 Å². The zero-order valence-corrected chi connectivity index (χ0v) is 9.31. The van der Waals surface area contributed by atoms with E-state index in [0.717, 1.165) is 6.42 Å². The molecule has 5 heteroatoms. The quantitative estimate of drug-likeness (QED) is 0.422. The molecule has 1 fully saturated rings. The molecule has 0 spiro atoms. The van der Waals surface area contributed by atoms with Crippen LogP contribution in [0.15, 0.2) is 18.2 Å². The maximum Gasteiger partial charge on any atom is 0.138 e. The maximum absolute atomic E-state index is 9.59. The fourth-order valence-electron chi connectivity index (χ4n) is 1.60. The number of hydrogen-bond donors (Lipinski definition) is 3. The van der Waals surface area contributed by atoms with E-state index >= 15 is 0 Å². The molecule has 2 unspecified atom stereocenters. The molecule has 1 aromatic rings. The minimum absolute atomic E-state index is 0.0110. The molecule has 87 valence electrons. The molecule has 1 aromatic carbocycles. The molecule has 0 aliphatic carbocycles. The number of alkyl halides is 1. The van der Waals surface area contributed by atoms with E-state index in [1.165, 1.54) is 18.2 Å². The standard InChI is InChI=1S/C11H13ClNO3/c12-8-6-16-4-3-9(8)13-10-5-7(14)1-2-11(10)15/h1-2,5-6,8-9,13-15H,3-4H2. The molecule has 1 aliphatic heterocycles. The first kappa shape index (κ1) is 11.4. The number of aromatic hydroxyl groups is 2. The van der Waals surface area contributed by atoms with Gasteiger partial charge in [-0.3, -0.25) is 0 Å². The Kier molecular flexibility index (Phi) is 3.41. The number of halogens is 1. The lowest BCUT2D eigenvalue weighted by Crippen LogP contribution is -2.35. The number of phenols is 2. The molecule has 3 N–H and O–H groups in total. The van der Waals surface area contributed by atoms with Crippen LogP contribution in [0.3, 0.4) is 0 Å². The molecule has 1 radical (unpaired) electrons. The van der Waals surface area contributed by atoms with E-state index in [2.05, 4.69) is 5.32 Å². The van der Waals surface area contributed by atoms with Crippen molar-refractivity contribution in [2.45, 2.75) is 17.8 Å². The summed E-state index contributed by atoms with van der Waals surface area (Å²) in [5.41, 5.74) is 0.478. The molecule has 1 heterocycles. The molecule has 0 saturated carbocycles. The smallest absolute Gasteiger partial charge is 0.138 e. The SMILES string of the molecule is Oc1ccc(O)c(NC2CCO[CH]C2Cl)c1. The van der Waals surface area contributed by atoms with Gasteiger partial charge in [-0.15, -0.1) is 11.6 Å². The van der Waals surface area contributed by atoms with E-state index in [9.17, 15) is 10.2 Å². The van der Waals surface area contributed by atoms with Gasteiger partial charge in [-0.25, -0.2) is 0 Å². The molecule has 16 heavy (non-hydrogen) atoms. The molecular formula is C11H13ClNO3. The topological polar surface area (TPSA) is 61.7 Å². The monoisotopic (exact) mass is 242 g/mol. The minimum atomic E-state index is -0.254. The van der Waals surface area contributed by atoms with Gasteiger partial charge in [0.05, 0.1) is 11.1 Å². The second kappa shape index (κ2) is 4.80. The average molecular weight is 243 g/mol. The van der Waals surface area contributed by atoms with Crippen molar-refractivity contribution in [3.8, 4) is 11.5 Å². The van der Waals surface area contributed by atoms with Crippen molar-refractivity contribution in [1.29, 1.82) is 0 Å². The zero-order chi connectivity index (χ0) is 11.5. The third-order valence-corrected chi connectivity index (χ3v) is 2.89. The van der Waals surface area contributed by atoms with E-state index < -0.39 is 0 Å². The van der Waals surface area contributed by atoms with Crippen molar-refractivity contribution >= 4 is 17.3 Å². The molecular weight excluding hydrogens is 230 g/mol. The fraction of sp³-hybridized carbons (Fsp3) is 0.364. The summed E-state index contributed by atoms with van der Waals surface area (Å²) in [5, 5.41) is 21.7. The van der Waals surface area contributed by atoms with Crippen molar-refractivity contribution in [1.82, 2.24) is 0 Å². The van der Waals surface area contributed by atoms with Crippen molar-refractivity contribution in [3.63, 3.8) is 0 Å². The molecule has 0 bridgehead atoms. The van der Waals surface area contributed by atoms with Crippen LogP contribution in [0.2, 0.25) is 0 Å². The zero-order valence-electron chi connectivity index (χ0n) is 8.56. The second-order valence-electron chi connectivity index (χ2n) is 3.69. The summed E-state index contributed by atoms with van der Waals surface area (Å²) < 4.78 is 5.09. The summed E-state index contributed by atoms with van der Waals surface area (Å²) in [6.07, 6.45) is 0.750. The molecule has 1 aliphatic rings. The number of rotatable bonds is 2. The summed E-state index contributed by atoms with van der Waals surface area (Å²) in [6.45, 7) is 2.17. The van der Waals surface area contributed by atoms with E-state index in [0.29, 0.717) is 12.3 Å².